The number of para-hydroxylation sites is 2. The van der Waals surface area contributed by atoms with E-state index >= 15 is 0 Å². The van der Waals surface area contributed by atoms with Crippen LogP contribution in [-0.4, -0.2) is 18.7 Å². The summed E-state index contributed by atoms with van der Waals surface area (Å²) in [7, 11) is 4.08. The van der Waals surface area contributed by atoms with Crippen LogP contribution in [0.5, 0.6) is 0 Å². The standard InChI is InChI=1S/C28H22N2/c1-29(2)23-17-13-21(14-18-23)11-12-22-15-19-24(20-16-22)30-27-9-5-3-7-25(27)26-8-4-6-10-28(26)30/h3-10,13-20H,1-2H3. The predicted molar refractivity (Wildman–Crippen MR) is 128 cm³/mol. The highest BCUT2D eigenvalue weighted by atomic mass is 15.1. The van der Waals surface area contributed by atoms with E-state index in [4.69, 9.17) is 0 Å². The fourth-order valence-corrected chi connectivity index (χ4v) is 3.88. The summed E-state index contributed by atoms with van der Waals surface area (Å²) in [6.07, 6.45) is 0. The summed E-state index contributed by atoms with van der Waals surface area (Å²) in [5, 5.41) is 2.55. The SMILES string of the molecule is CN(C)c1ccc(C#Cc2ccc(-n3c4ccccc4c4ccccc43)cc2)cc1. The van der Waals surface area contributed by atoms with Gasteiger partial charge in [0, 0.05) is 47.4 Å². The molecule has 0 atom stereocenters. The van der Waals surface area contributed by atoms with Crippen molar-refractivity contribution < 1.29 is 0 Å². The molecule has 4 aromatic carbocycles. The highest BCUT2D eigenvalue weighted by molar-refractivity contribution is 6.09. The molecule has 2 nitrogen and oxygen atoms in total. The summed E-state index contributed by atoms with van der Waals surface area (Å²) in [6.45, 7) is 0. The van der Waals surface area contributed by atoms with Crippen molar-refractivity contribution in [2.45, 2.75) is 0 Å². The summed E-state index contributed by atoms with van der Waals surface area (Å²) >= 11 is 0. The monoisotopic (exact) mass is 386 g/mol. The van der Waals surface area contributed by atoms with Crippen LogP contribution in [0, 0.1) is 11.8 Å². The van der Waals surface area contributed by atoms with E-state index in [0.29, 0.717) is 0 Å². The Balaban J connectivity index is 1.50. The molecule has 1 aromatic heterocycles. The van der Waals surface area contributed by atoms with E-state index in [-0.39, 0.29) is 0 Å². The minimum atomic E-state index is 1.01. The van der Waals surface area contributed by atoms with Gasteiger partial charge in [-0.1, -0.05) is 48.2 Å². The van der Waals surface area contributed by atoms with Gasteiger partial charge in [0.15, 0.2) is 0 Å². The van der Waals surface area contributed by atoms with Crippen molar-refractivity contribution in [2.75, 3.05) is 19.0 Å². The summed E-state index contributed by atoms with van der Waals surface area (Å²) in [6, 6.07) is 33.9. The molecule has 0 aliphatic rings. The zero-order valence-corrected chi connectivity index (χ0v) is 17.1. The van der Waals surface area contributed by atoms with E-state index in [1.54, 1.807) is 0 Å². The average molecular weight is 386 g/mol. The molecule has 0 saturated heterocycles. The van der Waals surface area contributed by atoms with Crippen LogP contribution in [0.3, 0.4) is 0 Å². The fraction of sp³-hybridized carbons (Fsp3) is 0.0714. The van der Waals surface area contributed by atoms with Gasteiger partial charge in [-0.2, -0.15) is 0 Å². The maximum Gasteiger partial charge on any atom is 0.0541 e. The van der Waals surface area contributed by atoms with Gasteiger partial charge in [-0.05, 0) is 60.7 Å². The molecule has 0 fully saturated rings. The van der Waals surface area contributed by atoms with Crippen molar-refractivity contribution in [2.24, 2.45) is 0 Å². The molecule has 0 N–H and O–H groups in total. The lowest BCUT2D eigenvalue weighted by Gasteiger charge is -2.11. The van der Waals surface area contributed by atoms with Gasteiger partial charge in [-0.15, -0.1) is 0 Å². The molecule has 144 valence electrons. The number of nitrogens with zero attached hydrogens (tertiary/aromatic N) is 2. The van der Waals surface area contributed by atoms with Crippen molar-refractivity contribution in [1.29, 1.82) is 0 Å². The zero-order valence-electron chi connectivity index (χ0n) is 17.1. The Kier molecular flexibility index (Phi) is 4.50. The summed E-state index contributed by atoms with van der Waals surface area (Å²) in [5.41, 5.74) is 6.80. The lowest BCUT2D eigenvalue weighted by atomic mass is 10.1. The Labute approximate surface area is 177 Å². The minimum Gasteiger partial charge on any atom is -0.378 e. The molecule has 5 rings (SSSR count). The number of benzene rings is 4. The van der Waals surface area contributed by atoms with Crippen LogP contribution in [0.4, 0.5) is 5.69 Å². The van der Waals surface area contributed by atoms with E-state index in [2.05, 4.69) is 118 Å². The van der Waals surface area contributed by atoms with E-state index in [1.807, 2.05) is 14.1 Å². The second-order valence-corrected chi connectivity index (χ2v) is 7.61. The quantitative estimate of drug-likeness (QED) is 0.326. The molecule has 0 aliphatic heterocycles. The number of rotatable bonds is 2. The van der Waals surface area contributed by atoms with Crippen LogP contribution in [0.2, 0.25) is 0 Å². The van der Waals surface area contributed by atoms with Gasteiger partial charge >= 0.3 is 0 Å². The average Bonchev–Trinajstić information content (AvgIpc) is 3.13. The fourth-order valence-electron chi connectivity index (χ4n) is 3.88. The first-order valence-electron chi connectivity index (χ1n) is 10.1. The third-order valence-electron chi connectivity index (χ3n) is 5.44. The first-order valence-corrected chi connectivity index (χ1v) is 10.1. The summed E-state index contributed by atoms with van der Waals surface area (Å²) in [5.74, 6) is 6.55. The zero-order chi connectivity index (χ0) is 20.5. The largest absolute Gasteiger partial charge is 0.378 e. The van der Waals surface area contributed by atoms with Gasteiger partial charge in [-0.25, -0.2) is 0 Å². The minimum absolute atomic E-state index is 1.01. The molecule has 2 heteroatoms. The van der Waals surface area contributed by atoms with Crippen LogP contribution >= 0.6 is 0 Å². The number of anilines is 1. The van der Waals surface area contributed by atoms with Gasteiger partial charge in [0.25, 0.3) is 0 Å². The van der Waals surface area contributed by atoms with Gasteiger partial charge in [0.05, 0.1) is 11.0 Å². The lowest BCUT2D eigenvalue weighted by Crippen LogP contribution is -2.07. The van der Waals surface area contributed by atoms with E-state index in [1.165, 1.54) is 27.5 Å². The van der Waals surface area contributed by atoms with Gasteiger partial charge < -0.3 is 9.47 Å². The normalized spacial score (nSPS) is 10.7. The highest BCUT2D eigenvalue weighted by Gasteiger charge is 2.10. The van der Waals surface area contributed by atoms with E-state index in [0.717, 1.165) is 16.8 Å². The molecule has 5 aromatic rings. The van der Waals surface area contributed by atoms with Gasteiger partial charge in [0.2, 0.25) is 0 Å². The molecule has 1 heterocycles. The Morgan fingerprint density at radius 3 is 1.53 bits per heavy atom. The van der Waals surface area contributed by atoms with Gasteiger partial charge in [0.1, 0.15) is 0 Å². The maximum atomic E-state index is 3.28. The smallest absolute Gasteiger partial charge is 0.0541 e. The maximum absolute atomic E-state index is 3.28. The Bertz CT molecular complexity index is 1340. The number of fused-ring (bicyclic) bond motifs is 3. The van der Waals surface area contributed by atoms with Crippen molar-refractivity contribution in [1.82, 2.24) is 4.57 Å². The van der Waals surface area contributed by atoms with Crippen LogP contribution in [0.1, 0.15) is 11.1 Å². The molecule has 0 aliphatic carbocycles. The van der Waals surface area contributed by atoms with Gasteiger partial charge in [-0.3, -0.25) is 0 Å². The number of hydrogen-bond acceptors (Lipinski definition) is 1. The van der Waals surface area contributed by atoms with Crippen molar-refractivity contribution >= 4 is 27.5 Å². The molecule has 0 spiro atoms. The second-order valence-electron chi connectivity index (χ2n) is 7.61. The number of aromatic nitrogens is 1. The van der Waals surface area contributed by atoms with Crippen LogP contribution in [0.15, 0.2) is 97.1 Å². The predicted octanol–water partition coefficient (Wildman–Crippen LogP) is 6.25. The Morgan fingerprint density at radius 1 is 0.567 bits per heavy atom. The topological polar surface area (TPSA) is 8.17 Å². The molecule has 30 heavy (non-hydrogen) atoms. The summed E-state index contributed by atoms with van der Waals surface area (Å²) in [4.78, 5) is 2.09. The van der Waals surface area contributed by atoms with Crippen LogP contribution in [-0.2, 0) is 0 Å². The Morgan fingerprint density at radius 2 is 1.03 bits per heavy atom. The van der Waals surface area contributed by atoms with E-state index < -0.39 is 0 Å². The first-order chi connectivity index (χ1) is 14.7. The molecule has 0 saturated carbocycles. The summed E-state index contributed by atoms with van der Waals surface area (Å²) < 4.78 is 2.32. The van der Waals surface area contributed by atoms with Crippen molar-refractivity contribution in [3.63, 3.8) is 0 Å². The molecule has 0 amide bonds. The van der Waals surface area contributed by atoms with Crippen molar-refractivity contribution in [3.8, 4) is 17.5 Å². The lowest BCUT2D eigenvalue weighted by molar-refractivity contribution is 1.13. The molecular weight excluding hydrogens is 364 g/mol. The molecule has 0 radical (unpaired) electrons. The van der Waals surface area contributed by atoms with Crippen molar-refractivity contribution in [3.05, 3.63) is 108 Å². The molecule has 0 bridgehead atoms. The number of hydrogen-bond donors (Lipinski definition) is 0. The van der Waals surface area contributed by atoms with E-state index in [9.17, 15) is 0 Å². The molecular formula is C28H22N2. The van der Waals surface area contributed by atoms with Crippen LogP contribution < -0.4 is 4.90 Å². The third kappa shape index (κ3) is 3.21. The first kappa shape index (κ1) is 18.1. The second kappa shape index (κ2) is 7.46. The third-order valence-corrected chi connectivity index (χ3v) is 5.44. The highest BCUT2D eigenvalue weighted by Crippen LogP contribution is 2.31. The molecule has 0 unspecified atom stereocenters. The van der Waals surface area contributed by atoms with Crippen LogP contribution in [0.25, 0.3) is 27.5 Å². The Hall–Kier alpha value is -3.96.